The lowest BCUT2D eigenvalue weighted by molar-refractivity contribution is -0.260. The first-order valence-corrected chi connectivity index (χ1v) is 4.89. The predicted octanol–water partition coefficient (Wildman–Crippen LogP) is 3.00. The molecule has 0 spiro atoms. The highest BCUT2D eigenvalue weighted by atomic mass is 35.5. The van der Waals surface area contributed by atoms with Crippen LogP contribution in [0, 0.1) is 0 Å². The number of amides is 1. The Kier molecular flexibility index (Phi) is 4.72. The van der Waals surface area contributed by atoms with Crippen LogP contribution in [-0.2, 0) is 4.79 Å². The van der Waals surface area contributed by atoms with Gasteiger partial charge in [0.15, 0.2) is 0 Å². The number of carbonyl (C=O) groups is 1. The second kappa shape index (κ2) is 4.91. The average molecular weight is 286 g/mol. The van der Waals surface area contributed by atoms with Crippen LogP contribution in [-0.4, -0.2) is 29.2 Å². The van der Waals surface area contributed by atoms with Gasteiger partial charge in [0.1, 0.15) is 0 Å². The summed E-state index contributed by atoms with van der Waals surface area (Å²) in [7, 11) is 0. The smallest absolute Gasteiger partial charge is 0.352 e. The molecule has 17 heavy (non-hydrogen) atoms. The quantitative estimate of drug-likeness (QED) is 0.627. The minimum absolute atomic E-state index is 0.175. The topological polar surface area (TPSA) is 29.1 Å². The number of nitrogens with one attached hydrogen (secondary N) is 1. The summed E-state index contributed by atoms with van der Waals surface area (Å²) >= 11 is 4.48. The van der Waals surface area contributed by atoms with Gasteiger partial charge in [-0.1, -0.05) is 18.5 Å². The van der Waals surface area contributed by atoms with E-state index in [4.69, 9.17) is 0 Å². The molecule has 0 aliphatic carbocycles. The highest BCUT2D eigenvalue weighted by Gasteiger charge is 2.75. The Morgan fingerprint density at radius 2 is 1.53 bits per heavy atom. The van der Waals surface area contributed by atoms with Crippen LogP contribution in [0.25, 0.3) is 0 Å². The maximum atomic E-state index is 12.3. The Bertz CT molecular complexity index is 273. The molecule has 0 heterocycles. The van der Waals surface area contributed by atoms with Gasteiger partial charge in [0.2, 0.25) is 0 Å². The molecule has 0 aromatic carbocycles. The molecule has 1 N–H and O–H groups in total. The molecule has 0 bridgehead atoms. The molecule has 0 aliphatic heterocycles. The lowest BCUT2D eigenvalue weighted by Crippen LogP contribution is -2.62. The Hall–Kier alpha value is -0.660. The lowest BCUT2D eigenvalue weighted by Gasteiger charge is -2.31. The van der Waals surface area contributed by atoms with Gasteiger partial charge in [0.25, 0.3) is 5.91 Å². The molecular formula is C8H10ClF6NO. The minimum Gasteiger partial charge on any atom is -0.352 e. The highest BCUT2D eigenvalue weighted by Crippen LogP contribution is 2.48. The van der Waals surface area contributed by atoms with Gasteiger partial charge >= 0.3 is 17.2 Å². The molecule has 0 aliphatic rings. The Morgan fingerprint density at radius 3 is 1.76 bits per heavy atom. The molecule has 9 heteroatoms. The third-order valence-corrected chi connectivity index (χ3v) is 2.68. The SMILES string of the molecule is CC[C@@H](C)NC(=O)C(Cl)(C(F)(F)F)C(F)(F)F. The first-order chi connectivity index (χ1) is 7.38. The van der Waals surface area contributed by atoms with Crippen molar-refractivity contribution in [3.8, 4) is 0 Å². The van der Waals surface area contributed by atoms with Gasteiger partial charge < -0.3 is 5.32 Å². The van der Waals surface area contributed by atoms with Crippen LogP contribution in [0.5, 0.6) is 0 Å². The summed E-state index contributed by atoms with van der Waals surface area (Å²) in [6, 6.07) is -0.842. The van der Waals surface area contributed by atoms with Crippen molar-refractivity contribution in [2.75, 3.05) is 0 Å². The number of hydrogen-bond acceptors (Lipinski definition) is 1. The van der Waals surface area contributed by atoms with Crippen LogP contribution < -0.4 is 5.32 Å². The van der Waals surface area contributed by atoms with Crippen LogP contribution in [0.4, 0.5) is 26.3 Å². The average Bonchev–Trinajstić information content (AvgIpc) is 2.12. The molecule has 0 saturated heterocycles. The number of alkyl halides is 7. The van der Waals surface area contributed by atoms with Crippen molar-refractivity contribution in [1.29, 1.82) is 0 Å². The third kappa shape index (κ3) is 3.17. The summed E-state index contributed by atoms with van der Waals surface area (Å²) in [6.45, 7) is 2.75. The molecule has 2 nitrogen and oxygen atoms in total. The summed E-state index contributed by atoms with van der Waals surface area (Å²) in [5.41, 5.74) is 0. The monoisotopic (exact) mass is 285 g/mol. The molecular weight excluding hydrogens is 276 g/mol. The zero-order chi connectivity index (χ0) is 14.1. The number of carbonyl (C=O) groups excluding carboxylic acids is 1. The van der Waals surface area contributed by atoms with Crippen molar-refractivity contribution in [2.24, 2.45) is 0 Å². The molecule has 0 aromatic rings. The maximum absolute atomic E-state index is 12.3. The van der Waals surface area contributed by atoms with Gasteiger partial charge in [-0.25, -0.2) is 0 Å². The summed E-state index contributed by atoms with van der Waals surface area (Å²) < 4.78 is 73.8. The van der Waals surface area contributed by atoms with Crippen LogP contribution >= 0.6 is 11.6 Å². The number of halogens is 7. The summed E-state index contributed by atoms with van der Waals surface area (Å²) in [5, 5.41) is 1.57. The van der Waals surface area contributed by atoms with Crippen molar-refractivity contribution >= 4 is 17.5 Å². The van der Waals surface area contributed by atoms with Gasteiger partial charge in [0, 0.05) is 6.04 Å². The number of rotatable bonds is 3. The summed E-state index contributed by atoms with van der Waals surface area (Å²) in [5.74, 6) is -2.31. The fourth-order valence-corrected chi connectivity index (χ4v) is 0.898. The largest absolute Gasteiger partial charge is 0.425 e. The van der Waals surface area contributed by atoms with Crippen molar-refractivity contribution in [1.82, 2.24) is 5.32 Å². The Labute approximate surface area is 98.3 Å². The molecule has 0 saturated carbocycles. The zero-order valence-electron chi connectivity index (χ0n) is 8.84. The number of hydrogen-bond donors (Lipinski definition) is 1. The van der Waals surface area contributed by atoms with Gasteiger partial charge in [-0.3, -0.25) is 4.79 Å². The molecule has 1 amide bonds. The first kappa shape index (κ1) is 16.3. The zero-order valence-corrected chi connectivity index (χ0v) is 9.59. The second-order valence-corrected chi connectivity index (χ2v) is 4.00. The van der Waals surface area contributed by atoms with E-state index in [9.17, 15) is 31.1 Å². The van der Waals surface area contributed by atoms with Gasteiger partial charge in [-0.05, 0) is 13.3 Å². The minimum atomic E-state index is -5.93. The molecule has 0 rings (SSSR count). The van der Waals surface area contributed by atoms with E-state index in [1.807, 2.05) is 0 Å². The summed E-state index contributed by atoms with van der Waals surface area (Å²) in [4.78, 5) is 6.13. The van der Waals surface area contributed by atoms with E-state index >= 15 is 0 Å². The molecule has 0 fully saturated rings. The van der Waals surface area contributed by atoms with E-state index in [0.717, 1.165) is 0 Å². The Morgan fingerprint density at radius 1 is 1.18 bits per heavy atom. The van der Waals surface area contributed by atoms with Crippen LogP contribution in [0.1, 0.15) is 20.3 Å². The fraction of sp³-hybridized carbons (Fsp3) is 0.875. The van der Waals surface area contributed by atoms with Crippen molar-refractivity contribution < 1.29 is 31.1 Å². The second-order valence-electron chi connectivity index (χ2n) is 3.44. The van der Waals surface area contributed by atoms with Gasteiger partial charge in [-0.2, -0.15) is 26.3 Å². The van der Waals surface area contributed by atoms with Crippen molar-refractivity contribution in [3.63, 3.8) is 0 Å². The molecule has 1 atom stereocenters. The molecule has 0 aromatic heterocycles. The van der Waals surface area contributed by atoms with Gasteiger partial charge in [-0.15, -0.1) is 0 Å². The fourth-order valence-electron chi connectivity index (χ4n) is 0.843. The normalized spacial score (nSPS) is 15.6. The standard InChI is InChI=1S/C8H10ClF6NO/c1-3-4(2)16-5(17)6(9,7(10,11)12)8(13,14)15/h4H,3H2,1-2H3,(H,16,17)/t4-/m1/s1. The lowest BCUT2D eigenvalue weighted by atomic mass is 10.1. The maximum Gasteiger partial charge on any atom is 0.425 e. The molecule has 0 unspecified atom stereocenters. The highest BCUT2D eigenvalue weighted by molar-refractivity contribution is 6.36. The summed E-state index contributed by atoms with van der Waals surface area (Å²) in [6.07, 6.45) is -11.7. The van der Waals surface area contributed by atoms with E-state index in [1.165, 1.54) is 13.8 Å². The van der Waals surface area contributed by atoms with Crippen LogP contribution in [0.3, 0.4) is 0 Å². The molecule has 0 radical (unpaired) electrons. The van der Waals surface area contributed by atoms with Crippen LogP contribution in [0.15, 0.2) is 0 Å². The van der Waals surface area contributed by atoms with Gasteiger partial charge in [0.05, 0.1) is 0 Å². The van der Waals surface area contributed by atoms with E-state index in [0.29, 0.717) is 0 Å². The van der Waals surface area contributed by atoms with Crippen molar-refractivity contribution in [3.05, 3.63) is 0 Å². The van der Waals surface area contributed by atoms with Crippen molar-refractivity contribution in [2.45, 2.75) is 43.5 Å². The van der Waals surface area contributed by atoms with E-state index in [2.05, 4.69) is 11.6 Å². The Balaban J connectivity index is 5.30. The first-order valence-electron chi connectivity index (χ1n) is 4.51. The van der Waals surface area contributed by atoms with E-state index in [1.54, 1.807) is 5.32 Å². The molecule has 102 valence electrons. The third-order valence-electron chi connectivity index (χ3n) is 2.08. The van der Waals surface area contributed by atoms with E-state index < -0.39 is 29.2 Å². The van der Waals surface area contributed by atoms with Crippen LogP contribution in [0.2, 0.25) is 0 Å². The predicted molar refractivity (Wildman–Crippen MR) is 48.6 cm³/mol. The van der Waals surface area contributed by atoms with E-state index in [-0.39, 0.29) is 6.42 Å².